The first-order valence-corrected chi connectivity index (χ1v) is 4.99. The standard InChI is InChI=1S/C8H18N2S/c9-7-1-2-8(10)6(5-7)3-4-11/h6-8,11H,1-5,9-10H2. The van der Waals surface area contributed by atoms with Crippen LogP contribution in [0.5, 0.6) is 0 Å². The lowest BCUT2D eigenvalue weighted by Crippen LogP contribution is -2.41. The van der Waals surface area contributed by atoms with Gasteiger partial charge in [0.05, 0.1) is 0 Å². The van der Waals surface area contributed by atoms with Gasteiger partial charge in [0.25, 0.3) is 0 Å². The summed E-state index contributed by atoms with van der Waals surface area (Å²) in [5.41, 5.74) is 11.8. The van der Waals surface area contributed by atoms with Crippen molar-refractivity contribution in [3.8, 4) is 0 Å². The van der Waals surface area contributed by atoms with Crippen LogP contribution < -0.4 is 11.5 Å². The summed E-state index contributed by atoms with van der Waals surface area (Å²) < 4.78 is 0. The van der Waals surface area contributed by atoms with Crippen molar-refractivity contribution in [3.05, 3.63) is 0 Å². The highest BCUT2D eigenvalue weighted by molar-refractivity contribution is 7.80. The first-order valence-electron chi connectivity index (χ1n) is 4.36. The van der Waals surface area contributed by atoms with Crippen LogP contribution in [0.1, 0.15) is 25.7 Å². The molecule has 11 heavy (non-hydrogen) atoms. The Morgan fingerprint density at radius 2 is 2.00 bits per heavy atom. The summed E-state index contributed by atoms with van der Waals surface area (Å²) in [5.74, 6) is 1.56. The van der Waals surface area contributed by atoms with E-state index in [1.165, 1.54) is 0 Å². The Bertz CT molecular complexity index is 119. The van der Waals surface area contributed by atoms with Crippen molar-refractivity contribution in [2.75, 3.05) is 5.75 Å². The van der Waals surface area contributed by atoms with Gasteiger partial charge in [-0.2, -0.15) is 12.6 Å². The van der Waals surface area contributed by atoms with Crippen molar-refractivity contribution in [1.29, 1.82) is 0 Å². The lowest BCUT2D eigenvalue weighted by Gasteiger charge is -2.31. The van der Waals surface area contributed by atoms with Crippen LogP contribution in [-0.4, -0.2) is 17.8 Å². The van der Waals surface area contributed by atoms with E-state index in [1.807, 2.05) is 0 Å². The van der Waals surface area contributed by atoms with Crippen molar-refractivity contribution in [2.45, 2.75) is 37.8 Å². The van der Waals surface area contributed by atoms with Gasteiger partial charge in [-0.05, 0) is 37.4 Å². The Morgan fingerprint density at radius 1 is 1.27 bits per heavy atom. The van der Waals surface area contributed by atoms with E-state index in [9.17, 15) is 0 Å². The highest BCUT2D eigenvalue weighted by Crippen LogP contribution is 2.25. The maximum Gasteiger partial charge on any atom is 0.00686 e. The van der Waals surface area contributed by atoms with Crippen LogP contribution in [0.2, 0.25) is 0 Å². The molecule has 0 aromatic carbocycles. The third kappa shape index (κ3) is 2.65. The van der Waals surface area contributed by atoms with E-state index in [2.05, 4.69) is 12.6 Å². The molecule has 3 atom stereocenters. The molecule has 0 bridgehead atoms. The molecule has 0 spiro atoms. The number of nitrogens with two attached hydrogens (primary N) is 2. The van der Waals surface area contributed by atoms with Gasteiger partial charge in [0, 0.05) is 12.1 Å². The van der Waals surface area contributed by atoms with E-state index in [4.69, 9.17) is 11.5 Å². The molecule has 3 unspecified atom stereocenters. The van der Waals surface area contributed by atoms with Crippen LogP contribution in [0, 0.1) is 5.92 Å². The summed E-state index contributed by atoms with van der Waals surface area (Å²) in [4.78, 5) is 0. The molecule has 0 aliphatic heterocycles. The minimum absolute atomic E-state index is 0.377. The molecule has 0 amide bonds. The lowest BCUT2D eigenvalue weighted by molar-refractivity contribution is 0.274. The fourth-order valence-electron chi connectivity index (χ4n) is 1.82. The maximum atomic E-state index is 5.94. The van der Waals surface area contributed by atoms with Gasteiger partial charge in [-0.3, -0.25) is 0 Å². The van der Waals surface area contributed by atoms with E-state index < -0.39 is 0 Å². The molecule has 0 heterocycles. The smallest absolute Gasteiger partial charge is 0.00686 e. The molecule has 0 aromatic heterocycles. The second-order valence-corrected chi connectivity index (χ2v) is 3.96. The summed E-state index contributed by atoms with van der Waals surface area (Å²) in [6.07, 6.45) is 4.42. The number of hydrogen-bond donors (Lipinski definition) is 3. The largest absolute Gasteiger partial charge is 0.328 e. The quantitative estimate of drug-likeness (QED) is 0.541. The molecule has 4 N–H and O–H groups in total. The highest BCUT2D eigenvalue weighted by atomic mass is 32.1. The SMILES string of the molecule is NC1CCC(N)C(CCS)C1. The first kappa shape index (κ1) is 9.36. The van der Waals surface area contributed by atoms with Gasteiger partial charge in [-0.25, -0.2) is 0 Å². The fraction of sp³-hybridized carbons (Fsp3) is 1.00. The van der Waals surface area contributed by atoms with Crippen molar-refractivity contribution in [3.63, 3.8) is 0 Å². The molecule has 2 nitrogen and oxygen atoms in total. The van der Waals surface area contributed by atoms with Crippen LogP contribution in [0.25, 0.3) is 0 Å². The third-order valence-electron chi connectivity index (χ3n) is 2.58. The number of thiol groups is 1. The monoisotopic (exact) mass is 174 g/mol. The van der Waals surface area contributed by atoms with Gasteiger partial charge >= 0.3 is 0 Å². The fourth-order valence-corrected chi connectivity index (χ4v) is 2.15. The third-order valence-corrected chi connectivity index (χ3v) is 2.84. The molecular weight excluding hydrogens is 156 g/mol. The summed E-state index contributed by atoms with van der Waals surface area (Å²) >= 11 is 4.20. The van der Waals surface area contributed by atoms with Gasteiger partial charge in [0.2, 0.25) is 0 Å². The molecule has 0 aromatic rings. The minimum atomic E-state index is 0.377. The summed E-state index contributed by atoms with van der Waals surface area (Å²) in [6.45, 7) is 0. The van der Waals surface area contributed by atoms with Gasteiger partial charge < -0.3 is 11.5 Å². The zero-order chi connectivity index (χ0) is 8.27. The molecule has 1 aliphatic carbocycles. The molecule has 66 valence electrons. The lowest BCUT2D eigenvalue weighted by atomic mass is 9.81. The summed E-state index contributed by atoms with van der Waals surface area (Å²) in [6, 6.07) is 0.765. The normalized spacial score (nSPS) is 39.0. The Labute approximate surface area is 74.1 Å². The van der Waals surface area contributed by atoms with E-state index in [0.717, 1.165) is 31.4 Å². The average molecular weight is 174 g/mol. The summed E-state index contributed by atoms with van der Waals surface area (Å²) in [5, 5.41) is 0. The number of rotatable bonds is 2. The first-order chi connectivity index (χ1) is 5.24. The minimum Gasteiger partial charge on any atom is -0.328 e. The van der Waals surface area contributed by atoms with Crippen LogP contribution in [0.4, 0.5) is 0 Å². The van der Waals surface area contributed by atoms with E-state index >= 15 is 0 Å². The van der Waals surface area contributed by atoms with Gasteiger partial charge in [-0.15, -0.1) is 0 Å². The number of hydrogen-bond acceptors (Lipinski definition) is 3. The van der Waals surface area contributed by atoms with Crippen LogP contribution in [-0.2, 0) is 0 Å². The topological polar surface area (TPSA) is 52.0 Å². The molecule has 1 aliphatic rings. The zero-order valence-electron chi connectivity index (χ0n) is 6.87. The molecular formula is C8H18N2S. The van der Waals surface area contributed by atoms with Crippen LogP contribution in [0.3, 0.4) is 0 Å². The van der Waals surface area contributed by atoms with Crippen molar-refractivity contribution < 1.29 is 0 Å². The van der Waals surface area contributed by atoms with E-state index in [1.54, 1.807) is 0 Å². The Morgan fingerprint density at radius 3 is 2.64 bits per heavy atom. The maximum absolute atomic E-state index is 5.94. The molecule has 1 fully saturated rings. The van der Waals surface area contributed by atoms with Crippen molar-refractivity contribution in [2.24, 2.45) is 17.4 Å². The van der Waals surface area contributed by atoms with E-state index in [0.29, 0.717) is 18.0 Å². The zero-order valence-corrected chi connectivity index (χ0v) is 7.76. The molecule has 3 heteroatoms. The Hall–Kier alpha value is 0.270. The van der Waals surface area contributed by atoms with Gasteiger partial charge in [0.1, 0.15) is 0 Å². The van der Waals surface area contributed by atoms with Crippen LogP contribution >= 0.6 is 12.6 Å². The van der Waals surface area contributed by atoms with Crippen molar-refractivity contribution >= 4 is 12.6 Å². The summed E-state index contributed by atoms with van der Waals surface area (Å²) in [7, 11) is 0. The average Bonchev–Trinajstić information content (AvgIpc) is 1.98. The Kier molecular flexibility index (Phi) is 3.69. The van der Waals surface area contributed by atoms with Crippen LogP contribution in [0.15, 0.2) is 0 Å². The molecule has 0 saturated heterocycles. The molecule has 1 saturated carbocycles. The van der Waals surface area contributed by atoms with Crippen molar-refractivity contribution in [1.82, 2.24) is 0 Å². The second kappa shape index (κ2) is 4.33. The highest BCUT2D eigenvalue weighted by Gasteiger charge is 2.25. The van der Waals surface area contributed by atoms with Gasteiger partial charge in [0.15, 0.2) is 0 Å². The molecule has 1 rings (SSSR count). The Balaban J connectivity index is 2.34. The second-order valence-electron chi connectivity index (χ2n) is 3.51. The predicted molar refractivity (Wildman–Crippen MR) is 51.8 cm³/mol. The predicted octanol–water partition coefficient (Wildman–Crippen LogP) is 0.761. The molecule has 0 radical (unpaired) electrons. The van der Waals surface area contributed by atoms with Gasteiger partial charge in [-0.1, -0.05) is 0 Å². The van der Waals surface area contributed by atoms with E-state index in [-0.39, 0.29) is 0 Å².